The predicted octanol–water partition coefficient (Wildman–Crippen LogP) is 6.79. The fraction of sp³-hybridized carbons (Fsp3) is 0.429. The lowest BCUT2D eigenvalue weighted by atomic mass is 9.69. The van der Waals surface area contributed by atoms with Gasteiger partial charge in [-0.25, -0.2) is 4.79 Å². The molecular weight excluding hydrogens is 524 g/mol. The number of esters is 1. The Bertz CT molecular complexity index is 1230. The molecule has 1 unspecified atom stereocenters. The summed E-state index contributed by atoms with van der Waals surface area (Å²) in [7, 11) is 0. The molecule has 0 fully saturated rings. The average Bonchev–Trinajstić information content (AvgIpc) is 3.24. The SMILES string of the molecule is CCOC(=O)C1=C(N)N(c2ccc(Br)cc2)C2=C(C(=O)CC(C)(C)C2)C1c1ccc(C(C)(C)C)s1. The predicted molar refractivity (Wildman–Crippen MR) is 145 cm³/mol. The molecule has 2 aromatic rings. The van der Waals surface area contributed by atoms with Crippen LogP contribution in [0.2, 0.25) is 0 Å². The maximum Gasteiger partial charge on any atom is 0.338 e. The highest BCUT2D eigenvalue weighted by Crippen LogP contribution is 2.52. The highest BCUT2D eigenvalue weighted by atomic mass is 79.9. The number of halogens is 1. The third-order valence-corrected chi connectivity index (χ3v) is 8.60. The summed E-state index contributed by atoms with van der Waals surface area (Å²) in [6.07, 6.45) is 1.10. The number of allylic oxidation sites excluding steroid dienone is 2. The molecule has 1 aromatic heterocycles. The van der Waals surface area contributed by atoms with Crippen molar-refractivity contribution in [2.75, 3.05) is 11.5 Å². The summed E-state index contributed by atoms with van der Waals surface area (Å²) in [5.41, 5.74) is 9.25. The van der Waals surface area contributed by atoms with Gasteiger partial charge < -0.3 is 10.5 Å². The van der Waals surface area contributed by atoms with Gasteiger partial charge in [0.2, 0.25) is 0 Å². The van der Waals surface area contributed by atoms with Crippen molar-refractivity contribution < 1.29 is 14.3 Å². The van der Waals surface area contributed by atoms with Crippen molar-refractivity contribution in [3.63, 3.8) is 0 Å². The van der Waals surface area contributed by atoms with E-state index in [2.05, 4.69) is 56.6 Å². The fourth-order valence-corrected chi connectivity index (χ4v) is 6.35. The van der Waals surface area contributed by atoms with Gasteiger partial charge in [-0.2, -0.15) is 0 Å². The van der Waals surface area contributed by atoms with Crippen molar-refractivity contribution >= 4 is 44.7 Å². The molecule has 1 aliphatic heterocycles. The van der Waals surface area contributed by atoms with Crippen LogP contribution in [0.25, 0.3) is 0 Å². The number of nitrogens with two attached hydrogens (primary N) is 1. The summed E-state index contributed by atoms with van der Waals surface area (Å²) >= 11 is 5.13. The van der Waals surface area contributed by atoms with Crippen LogP contribution in [-0.4, -0.2) is 18.4 Å². The summed E-state index contributed by atoms with van der Waals surface area (Å²) in [4.78, 5) is 31.2. The van der Waals surface area contributed by atoms with Gasteiger partial charge in [0.1, 0.15) is 5.82 Å². The second kappa shape index (κ2) is 9.25. The number of hydrogen-bond donors (Lipinski definition) is 1. The minimum Gasteiger partial charge on any atom is -0.463 e. The third-order valence-electron chi connectivity index (χ3n) is 6.49. The zero-order valence-electron chi connectivity index (χ0n) is 21.2. The van der Waals surface area contributed by atoms with Gasteiger partial charge >= 0.3 is 5.97 Å². The second-order valence-corrected chi connectivity index (χ2v) is 13.0. The standard InChI is InChI=1S/C28H33BrN2O3S/c1-7-34-26(33)24-23(20-12-13-21(35-20)27(2,3)4)22-18(14-28(5,6)15-19(22)32)31(25(24)30)17-10-8-16(29)9-11-17/h8-13,23H,7,14-15,30H2,1-6H3. The van der Waals surface area contributed by atoms with E-state index in [1.54, 1.807) is 18.3 Å². The highest BCUT2D eigenvalue weighted by Gasteiger charge is 2.47. The molecular formula is C28H33BrN2O3S. The number of hydrogen-bond acceptors (Lipinski definition) is 6. The maximum absolute atomic E-state index is 13.8. The van der Waals surface area contributed by atoms with Gasteiger partial charge in [0.05, 0.1) is 18.1 Å². The van der Waals surface area contributed by atoms with E-state index in [4.69, 9.17) is 10.5 Å². The molecule has 1 aromatic carbocycles. The number of thiophene rings is 1. The van der Waals surface area contributed by atoms with E-state index >= 15 is 0 Å². The molecule has 0 amide bonds. The molecule has 7 heteroatoms. The summed E-state index contributed by atoms with van der Waals surface area (Å²) in [6, 6.07) is 11.9. The van der Waals surface area contributed by atoms with E-state index in [-0.39, 0.29) is 23.2 Å². The van der Waals surface area contributed by atoms with Crippen molar-refractivity contribution in [3.8, 4) is 0 Å². The van der Waals surface area contributed by atoms with E-state index in [1.807, 2.05) is 35.2 Å². The Balaban J connectivity index is 2.00. The molecule has 1 aliphatic carbocycles. The van der Waals surface area contributed by atoms with Gasteiger partial charge in [0.15, 0.2) is 5.78 Å². The zero-order valence-corrected chi connectivity index (χ0v) is 23.6. The Morgan fingerprint density at radius 1 is 1.17 bits per heavy atom. The number of carbonyl (C=O) groups is 2. The van der Waals surface area contributed by atoms with Gasteiger partial charge in [0.25, 0.3) is 0 Å². The van der Waals surface area contributed by atoms with Crippen molar-refractivity contribution in [1.29, 1.82) is 0 Å². The molecule has 186 valence electrons. The topological polar surface area (TPSA) is 72.6 Å². The minimum absolute atomic E-state index is 0.0455. The molecule has 0 spiro atoms. The smallest absolute Gasteiger partial charge is 0.338 e. The van der Waals surface area contributed by atoms with Crippen LogP contribution >= 0.6 is 27.3 Å². The molecule has 2 heterocycles. The molecule has 4 rings (SSSR count). The minimum atomic E-state index is -0.541. The van der Waals surface area contributed by atoms with Crippen LogP contribution in [0.4, 0.5) is 5.69 Å². The largest absolute Gasteiger partial charge is 0.463 e. The zero-order chi connectivity index (χ0) is 25.7. The molecule has 2 aliphatic rings. The van der Waals surface area contributed by atoms with Crippen LogP contribution in [-0.2, 0) is 19.7 Å². The Morgan fingerprint density at radius 2 is 1.83 bits per heavy atom. The lowest BCUT2D eigenvalue weighted by Crippen LogP contribution is -2.43. The van der Waals surface area contributed by atoms with Crippen LogP contribution in [0.1, 0.15) is 70.1 Å². The number of benzene rings is 1. The Labute approximate surface area is 220 Å². The van der Waals surface area contributed by atoms with Crippen molar-refractivity contribution in [3.05, 3.63) is 73.3 Å². The Hall–Kier alpha value is -2.38. The fourth-order valence-electron chi connectivity index (χ4n) is 4.90. The van der Waals surface area contributed by atoms with Crippen molar-refractivity contribution in [2.45, 2.75) is 65.7 Å². The number of ether oxygens (including phenoxy) is 1. The number of anilines is 1. The summed E-state index contributed by atoms with van der Waals surface area (Å²) in [6.45, 7) is 12.7. The Morgan fingerprint density at radius 3 is 2.40 bits per heavy atom. The van der Waals surface area contributed by atoms with Crippen LogP contribution < -0.4 is 10.6 Å². The second-order valence-electron chi connectivity index (χ2n) is 11.0. The summed E-state index contributed by atoms with van der Waals surface area (Å²) in [5.74, 6) is -0.637. The molecule has 1 atom stereocenters. The van der Waals surface area contributed by atoms with Crippen LogP contribution in [0.3, 0.4) is 0 Å². The number of Topliss-reactive ketones (excluding diaryl/α,β-unsaturated/α-hetero) is 1. The number of carbonyl (C=O) groups excluding carboxylic acids is 2. The third kappa shape index (κ3) is 4.85. The van der Waals surface area contributed by atoms with E-state index in [0.29, 0.717) is 29.8 Å². The molecule has 0 radical (unpaired) electrons. The highest BCUT2D eigenvalue weighted by molar-refractivity contribution is 9.10. The van der Waals surface area contributed by atoms with Gasteiger partial charge in [-0.1, -0.05) is 50.5 Å². The average molecular weight is 558 g/mol. The lowest BCUT2D eigenvalue weighted by molar-refractivity contribution is -0.138. The molecule has 5 nitrogen and oxygen atoms in total. The molecule has 0 saturated carbocycles. The molecule has 2 N–H and O–H groups in total. The van der Waals surface area contributed by atoms with Crippen molar-refractivity contribution in [2.24, 2.45) is 11.1 Å². The van der Waals surface area contributed by atoms with Gasteiger partial charge in [-0.05, 0) is 60.6 Å². The quantitative estimate of drug-likeness (QED) is 0.419. The first-order chi connectivity index (χ1) is 16.3. The van der Waals surface area contributed by atoms with Crippen molar-refractivity contribution in [1.82, 2.24) is 0 Å². The summed E-state index contributed by atoms with van der Waals surface area (Å²) < 4.78 is 6.43. The van der Waals surface area contributed by atoms with E-state index in [1.165, 1.54) is 4.88 Å². The first-order valence-electron chi connectivity index (χ1n) is 11.9. The van der Waals surface area contributed by atoms with Gasteiger partial charge in [-0.15, -0.1) is 11.3 Å². The van der Waals surface area contributed by atoms with Gasteiger partial charge in [-0.3, -0.25) is 9.69 Å². The number of ketones is 1. The van der Waals surface area contributed by atoms with Gasteiger partial charge in [0, 0.05) is 37.6 Å². The number of rotatable bonds is 4. The summed E-state index contributed by atoms with van der Waals surface area (Å²) in [5, 5.41) is 0. The van der Waals surface area contributed by atoms with E-state index in [0.717, 1.165) is 20.7 Å². The van der Waals surface area contributed by atoms with E-state index in [9.17, 15) is 9.59 Å². The first-order valence-corrected chi connectivity index (χ1v) is 13.5. The van der Waals surface area contributed by atoms with Crippen LogP contribution in [0.5, 0.6) is 0 Å². The lowest BCUT2D eigenvalue weighted by Gasteiger charge is -2.44. The van der Waals surface area contributed by atoms with Crippen LogP contribution in [0, 0.1) is 5.41 Å². The maximum atomic E-state index is 13.8. The monoisotopic (exact) mass is 556 g/mol. The van der Waals surface area contributed by atoms with Crippen LogP contribution in [0.15, 0.2) is 63.5 Å². The Kier molecular flexibility index (Phi) is 6.79. The molecule has 0 bridgehead atoms. The normalized spacial score (nSPS) is 20.3. The van der Waals surface area contributed by atoms with E-state index < -0.39 is 11.9 Å². The number of nitrogens with zero attached hydrogens (tertiary/aromatic N) is 1. The molecule has 0 saturated heterocycles. The molecule has 35 heavy (non-hydrogen) atoms. The first kappa shape index (κ1) is 25.7.